The molecule has 0 aliphatic heterocycles. The Balaban J connectivity index is 2.21. The minimum absolute atomic E-state index is 0.159. The monoisotopic (exact) mass is 272 g/mol. The van der Waals surface area contributed by atoms with Gasteiger partial charge in [-0.3, -0.25) is 9.78 Å². The molecule has 0 spiro atoms. The molecule has 6 nitrogen and oxygen atoms in total. The van der Waals surface area contributed by atoms with Gasteiger partial charge < -0.3 is 15.4 Å². The summed E-state index contributed by atoms with van der Waals surface area (Å²) in [7, 11) is 0. The maximum Gasteiger partial charge on any atom is 0.239 e. The van der Waals surface area contributed by atoms with Crippen molar-refractivity contribution in [2.45, 2.75) is 13.8 Å². The van der Waals surface area contributed by atoms with Gasteiger partial charge in [-0.25, -0.2) is 0 Å². The van der Waals surface area contributed by atoms with Gasteiger partial charge in [-0.05, 0) is 19.1 Å². The molecule has 0 saturated heterocycles. The first kappa shape index (κ1) is 13.8. The summed E-state index contributed by atoms with van der Waals surface area (Å²) < 4.78 is 5.67. The highest BCUT2D eigenvalue weighted by Gasteiger charge is 2.07. The minimum atomic E-state index is -0.159. The topological polar surface area (TPSA) is 76.1 Å². The summed E-state index contributed by atoms with van der Waals surface area (Å²) >= 11 is 0. The van der Waals surface area contributed by atoms with E-state index in [0.29, 0.717) is 23.1 Å². The molecule has 2 rings (SSSR count). The molecule has 20 heavy (non-hydrogen) atoms. The van der Waals surface area contributed by atoms with Crippen LogP contribution in [-0.2, 0) is 4.79 Å². The number of nitrogens with one attached hydrogen (secondary N) is 2. The molecule has 2 N–H and O–H groups in total. The number of amides is 1. The molecule has 0 aliphatic rings. The number of aromatic nitrogens is 2. The van der Waals surface area contributed by atoms with Crippen LogP contribution in [0, 0.1) is 0 Å². The molecule has 0 atom stereocenters. The Kier molecular flexibility index (Phi) is 4.49. The fraction of sp³-hybridized carbons (Fsp3) is 0.214. The predicted octanol–water partition coefficient (Wildman–Crippen LogP) is 2.66. The molecule has 2 aromatic rings. The van der Waals surface area contributed by atoms with E-state index in [4.69, 9.17) is 4.74 Å². The fourth-order valence-corrected chi connectivity index (χ4v) is 1.62. The van der Waals surface area contributed by atoms with Gasteiger partial charge in [0.1, 0.15) is 5.82 Å². The SMILES string of the molecule is CCNc1cncc(Oc2ccccc2NC(C)=O)n1. The molecule has 0 saturated carbocycles. The molecule has 6 heteroatoms. The summed E-state index contributed by atoms with van der Waals surface area (Å²) in [6.07, 6.45) is 3.14. The lowest BCUT2D eigenvalue weighted by Gasteiger charge is -2.11. The summed E-state index contributed by atoms with van der Waals surface area (Å²) in [6, 6.07) is 7.16. The van der Waals surface area contributed by atoms with E-state index in [2.05, 4.69) is 20.6 Å². The van der Waals surface area contributed by atoms with Crippen molar-refractivity contribution < 1.29 is 9.53 Å². The molecule has 0 bridgehead atoms. The van der Waals surface area contributed by atoms with Crippen molar-refractivity contribution in [1.82, 2.24) is 9.97 Å². The summed E-state index contributed by atoms with van der Waals surface area (Å²) in [5, 5.41) is 5.76. The van der Waals surface area contributed by atoms with Crippen LogP contribution in [-0.4, -0.2) is 22.4 Å². The fourth-order valence-electron chi connectivity index (χ4n) is 1.62. The van der Waals surface area contributed by atoms with Crippen LogP contribution in [0.1, 0.15) is 13.8 Å². The first-order chi connectivity index (χ1) is 9.69. The summed E-state index contributed by atoms with van der Waals surface area (Å²) in [4.78, 5) is 19.5. The average Bonchev–Trinajstić information content (AvgIpc) is 2.41. The van der Waals surface area contributed by atoms with Crippen molar-refractivity contribution >= 4 is 17.4 Å². The van der Waals surface area contributed by atoms with Crippen molar-refractivity contribution in [1.29, 1.82) is 0 Å². The first-order valence-electron chi connectivity index (χ1n) is 6.29. The van der Waals surface area contributed by atoms with Gasteiger partial charge in [0.15, 0.2) is 5.75 Å². The Morgan fingerprint density at radius 3 is 2.85 bits per heavy atom. The number of ether oxygens (including phenoxy) is 1. The number of anilines is 2. The predicted molar refractivity (Wildman–Crippen MR) is 77.0 cm³/mol. The van der Waals surface area contributed by atoms with Crippen molar-refractivity contribution in [3.8, 4) is 11.6 Å². The molecule has 1 amide bonds. The third-order valence-corrected chi connectivity index (χ3v) is 2.38. The Morgan fingerprint density at radius 2 is 2.10 bits per heavy atom. The van der Waals surface area contributed by atoms with E-state index in [-0.39, 0.29) is 5.91 Å². The van der Waals surface area contributed by atoms with Gasteiger partial charge >= 0.3 is 0 Å². The number of rotatable bonds is 5. The number of carbonyl (C=O) groups excluding carboxylic acids is 1. The van der Waals surface area contributed by atoms with E-state index in [0.717, 1.165) is 6.54 Å². The smallest absolute Gasteiger partial charge is 0.239 e. The van der Waals surface area contributed by atoms with Crippen LogP contribution >= 0.6 is 0 Å². The van der Waals surface area contributed by atoms with Crippen LogP contribution < -0.4 is 15.4 Å². The highest BCUT2D eigenvalue weighted by atomic mass is 16.5. The number of nitrogens with zero attached hydrogens (tertiary/aromatic N) is 2. The molecular formula is C14H16N4O2. The lowest BCUT2D eigenvalue weighted by atomic mass is 10.3. The van der Waals surface area contributed by atoms with Gasteiger partial charge in [0.05, 0.1) is 18.1 Å². The highest BCUT2D eigenvalue weighted by Crippen LogP contribution is 2.28. The van der Waals surface area contributed by atoms with E-state index in [1.807, 2.05) is 19.1 Å². The second-order valence-corrected chi connectivity index (χ2v) is 4.05. The molecule has 0 unspecified atom stereocenters. The third-order valence-electron chi connectivity index (χ3n) is 2.38. The van der Waals surface area contributed by atoms with E-state index in [1.165, 1.54) is 13.1 Å². The Hall–Kier alpha value is -2.63. The van der Waals surface area contributed by atoms with Crippen molar-refractivity contribution in [2.24, 2.45) is 0 Å². The third kappa shape index (κ3) is 3.68. The standard InChI is InChI=1S/C14H16N4O2/c1-3-16-13-8-15-9-14(18-13)20-12-7-5-4-6-11(12)17-10(2)19/h4-9H,3H2,1-2H3,(H,16,18)(H,17,19). The average molecular weight is 272 g/mol. The largest absolute Gasteiger partial charge is 0.435 e. The number of benzene rings is 1. The number of hydrogen-bond donors (Lipinski definition) is 2. The molecule has 1 aromatic carbocycles. The minimum Gasteiger partial charge on any atom is -0.435 e. The zero-order chi connectivity index (χ0) is 14.4. The van der Waals surface area contributed by atoms with E-state index < -0.39 is 0 Å². The zero-order valence-corrected chi connectivity index (χ0v) is 11.4. The van der Waals surface area contributed by atoms with Crippen LogP contribution in [0.3, 0.4) is 0 Å². The van der Waals surface area contributed by atoms with E-state index in [9.17, 15) is 4.79 Å². The maximum absolute atomic E-state index is 11.2. The van der Waals surface area contributed by atoms with Gasteiger partial charge in [0.2, 0.25) is 11.8 Å². The van der Waals surface area contributed by atoms with Gasteiger partial charge in [-0.2, -0.15) is 4.98 Å². The summed E-state index contributed by atoms with van der Waals surface area (Å²) in [5.41, 5.74) is 0.593. The molecule has 104 valence electrons. The van der Waals surface area contributed by atoms with Crippen molar-refractivity contribution in [3.63, 3.8) is 0 Å². The van der Waals surface area contributed by atoms with E-state index >= 15 is 0 Å². The first-order valence-corrected chi connectivity index (χ1v) is 6.29. The number of carbonyl (C=O) groups is 1. The highest BCUT2D eigenvalue weighted by molar-refractivity contribution is 5.90. The molecule has 0 radical (unpaired) electrons. The lowest BCUT2D eigenvalue weighted by Crippen LogP contribution is -2.07. The maximum atomic E-state index is 11.2. The zero-order valence-electron chi connectivity index (χ0n) is 11.4. The molecule has 0 fully saturated rings. The quantitative estimate of drug-likeness (QED) is 0.875. The van der Waals surface area contributed by atoms with Crippen LogP contribution in [0.5, 0.6) is 11.6 Å². The molecule has 1 heterocycles. The number of para-hydroxylation sites is 2. The molecule has 0 aliphatic carbocycles. The summed E-state index contributed by atoms with van der Waals surface area (Å²) in [6.45, 7) is 4.17. The second kappa shape index (κ2) is 6.51. The van der Waals surface area contributed by atoms with E-state index in [1.54, 1.807) is 18.3 Å². The van der Waals surface area contributed by atoms with Gasteiger partial charge in [-0.1, -0.05) is 12.1 Å². The van der Waals surface area contributed by atoms with Crippen molar-refractivity contribution in [2.75, 3.05) is 17.2 Å². The van der Waals surface area contributed by atoms with Crippen LogP contribution in [0.25, 0.3) is 0 Å². The molecular weight excluding hydrogens is 256 g/mol. The number of hydrogen-bond acceptors (Lipinski definition) is 5. The Bertz CT molecular complexity index is 601. The second-order valence-electron chi connectivity index (χ2n) is 4.05. The van der Waals surface area contributed by atoms with Gasteiger partial charge in [0.25, 0.3) is 0 Å². The normalized spacial score (nSPS) is 9.90. The van der Waals surface area contributed by atoms with Crippen LogP contribution in [0.2, 0.25) is 0 Å². The van der Waals surface area contributed by atoms with Crippen LogP contribution in [0.15, 0.2) is 36.7 Å². The van der Waals surface area contributed by atoms with Gasteiger partial charge in [-0.15, -0.1) is 0 Å². The summed E-state index contributed by atoms with van der Waals surface area (Å²) in [5.74, 6) is 1.36. The Labute approximate surface area is 117 Å². The molecule has 1 aromatic heterocycles. The van der Waals surface area contributed by atoms with Gasteiger partial charge in [0, 0.05) is 13.5 Å². The van der Waals surface area contributed by atoms with Crippen LogP contribution in [0.4, 0.5) is 11.5 Å². The van der Waals surface area contributed by atoms with Crippen molar-refractivity contribution in [3.05, 3.63) is 36.7 Å². The Morgan fingerprint density at radius 1 is 1.30 bits per heavy atom. The lowest BCUT2D eigenvalue weighted by molar-refractivity contribution is -0.114.